The third kappa shape index (κ3) is 5.26. The number of amides is 1. The monoisotopic (exact) mass is 409 g/mol. The third-order valence-electron chi connectivity index (χ3n) is 4.66. The zero-order chi connectivity index (χ0) is 21.5. The highest BCUT2D eigenvalue weighted by Crippen LogP contribution is 2.24. The van der Waals surface area contributed by atoms with Crippen molar-refractivity contribution in [3.8, 4) is 5.75 Å². The van der Waals surface area contributed by atoms with Gasteiger partial charge in [-0.25, -0.2) is 9.59 Å². The van der Waals surface area contributed by atoms with Gasteiger partial charge in [0.15, 0.2) is 12.6 Å². The normalized spacial score (nSPS) is 11.8. The quantitative estimate of drug-likeness (QED) is 0.524. The topological polar surface area (TPSA) is 106 Å². The average molecular weight is 409 g/mol. The Labute approximate surface area is 173 Å². The van der Waals surface area contributed by atoms with Gasteiger partial charge in [-0.1, -0.05) is 43.7 Å². The van der Waals surface area contributed by atoms with Crippen LogP contribution < -0.4 is 15.7 Å². The first-order valence-corrected chi connectivity index (χ1v) is 9.74. The Kier molecular flexibility index (Phi) is 6.85. The number of rotatable bonds is 9. The molecule has 0 bridgehead atoms. The highest BCUT2D eigenvalue weighted by atomic mass is 16.5. The lowest BCUT2D eigenvalue weighted by Gasteiger charge is -2.15. The molecule has 1 heterocycles. The molecule has 0 saturated carbocycles. The predicted molar refractivity (Wildman–Crippen MR) is 112 cm³/mol. The second-order valence-corrected chi connectivity index (χ2v) is 6.89. The lowest BCUT2D eigenvalue weighted by atomic mass is 10.0. The summed E-state index contributed by atoms with van der Waals surface area (Å²) in [4.78, 5) is 35.6. The molecule has 0 aliphatic heterocycles. The molecule has 7 nitrogen and oxygen atoms in total. The summed E-state index contributed by atoms with van der Waals surface area (Å²) in [5.74, 6) is -1.40. The molecule has 0 aliphatic carbocycles. The summed E-state index contributed by atoms with van der Waals surface area (Å²) in [6, 6.07) is 13.8. The van der Waals surface area contributed by atoms with E-state index in [9.17, 15) is 19.5 Å². The van der Waals surface area contributed by atoms with Gasteiger partial charge in [-0.2, -0.15) is 0 Å². The molecular formula is C23H23NO6. The van der Waals surface area contributed by atoms with E-state index in [1.54, 1.807) is 48.5 Å². The standard InChI is InChI=1S/C23H23NO6/c1-2-3-7-16-12-21(26)30-19-13-17(10-11-18(16)19)29-14-20(25)24-22(23(27)28)15-8-5-4-6-9-15/h4-6,8-13,22H,2-3,7,14H2,1H3,(H,24,25)(H,27,28). The van der Waals surface area contributed by atoms with E-state index in [1.807, 2.05) is 0 Å². The number of fused-ring (bicyclic) bond motifs is 1. The molecule has 1 aromatic heterocycles. The van der Waals surface area contributed by atoms with Crippen molar-refractivity contribution >= 4 is 22.8 Å². The number of carboxylic acid groups (broad SMARTS) is 1. The van der Waals surface area contributed by atoms with Crippen LogP contribution in [0.2, 0.25) is 0 Å². The van der Waals surface area contributed by atoms with Crippen LogP contribution in [0, 0.1) is 0 Å². The van der Waals surface area contributed by atoms with Gasteiger partial charge < -0.3 is 19.6 Å². The molecule has 0 aliphatic rings. The predicted octanol–water partition coefficient (Wildman–Crippen LogP) is 3.46. The van der Waals surface area contributed by atoms with E-state index in [-0.39, 0.29) is 6.61 Å². The number of hydrogen-bond acceptors (Lipinski definition) is 5. The Morgan fingerprint density at radius 1 is 1.13 bits per heavy atom. The summed E-state index contributed by atoms with van der Waals surface area (Å²) < 4.78 is 10.8. The molecule has 2 aromatic carbocycles. The van der Waals surface area contributed by atoms with Gasteiger partial charge in [0, 0.05) is 17.5 Å². The van der Waals surface area contributed by atoms with Crippen LogP contribution >= 0.6 is 0 Å². The lowest BCUT2D eigenvalue weighted by Crippen LogP contribution is -2.36. The fourth-order valence-electron chi connectivity index (χ4n) is 3.16. The molecular weight excluding hydrogens is 386 g/mol. The third-order valence-corrected chi connectivity index (χ3v) is 4.66. The number of carboxylic acids is 1. The van der Waals surface area contributed by atoms with Crippen molar-refractivity contribution in [2.75, 3.05) is 6.61 Å². The average Bonchev–Trinajstić information content (AvgIpc) is 2.74. The first-order chi connectivity index (χ1) is 14.5. The van der Waals surface area contributed by atoms with Crippen LogP contribution in [0.15, 0.2) is 63.8 Å². The summed E-state index contributed by atoms with van der Waals surface area (Å²) >= 11 is 0. The van der Waals surface area contributed by atoms with Gasteiger partial charge in [-0.15, -0.1) is 0 Å². The number of aliphatic carboxylic acids is 1. The molecule has 1 atom stereocenters. The molecule has 30 heavy (non-hydrogen) atoms. The van der Waals surface area contributed by atoms with E-state index in [0.29, 0.717) is 16.9 Å². The summed E-state index contributed by atoms with van der Waals surface area (Å²) in [5, 5.41) is 12.7. The SMILES string of the molecule is CCCCc1cc(=O)oc2cc(OCC(=O)NC(C(=O)O)c3ccccc3)ccc12. The van der Waals surface area contributed by atoms with Crippen molar-refractivity contribution < 1.29 is 23.8 Å². The molecule has 0 saturated heterocycles. The molecule has 3 aromatic rings. The number of nitrogens with one attached hydrogen (secondary N) is 1. The van der Waals surface area contributed by atoms with Crippen LogP contribution in [0.25, 0.3) is 11.0 Å². The number of carbonyl (C=O) groups is 2. The minimum atomic E-state index is -1.17. The minimum Gasteiger partial charge on any atom is -0.484 e. The number of hydrogen-bond donors (Lipinski definition) is 2. The largest absolute Gasteiger partial charge is 0.484 e. The second-order valence-electron chi connectivity index (χ2n) is 6.89. The zero-order valence-corrected chi connectivity index (χ0v) is 16.6. The van der Waals surface area contributed by atoms with Crippen molar-refractivity contribution in [3.05, 3.63) is 76.1 Å². The van der Waals surface area contributed by atoms with Crippen molar-refractivity contribution in [3.63, 3.8) is 0 Å². The number of benzene rings is 2. The van der Waals surface area contributed by atoms with Crippen LogP contribution in [0.4, 0.5) is 0 Å². The minimum absolute atomic E-state index is 0.347. The molecule has 1 unspecified atom stereocenters. The number of aryl methyl sites for hydroxylation is 1. The van der Waals surface area contributed by atoms with Crippen molar-refractivity contribution in [1.82, 2.24) is 5.32 Å². The number of carbonyl (C=O) groups excluding carboxylic acids is 1. The lowest BCUT2D eigenvalue weighted by molar-refractivity contribution is -0.142. The first kappa shape index (κ1) is 21.1. The highest BCUT2D eigenvalue weighted by molar-refractivity contribution is 5.85. The summed E-state index contributed by atoms with van der Waals surface area (Å²) in [6.45, 7) is 1.71. The van der Waals surface area contributed by atoms with Crippen molar-refractivity contribution in [1.29, 1.82) is 0 Å². The Morgan fingerprint density at radius 2 is 1.90 bits per heavy atom. The van der Waals surface area contributed by atoms with Crippen molar-refractivity contribution in [2.24, 2.45) is 0 Å². The van der Waals surface area contributed by atoms with E-state index in [1.165, 1.54) is 6.07 Å². The fraction of sp³-hybridized carbons (Fsp3) is 0.261. The fourth-order valence-corrected chi connectivity index (χ4v) is 3.16. The summed E-state index contributed by atoms with van der Waals surface area (Å²) in [7, 11) is 0. The van der Waals surface area contributed by atoms with Crippen LogP contribution in [-0.2, 0) is 16.0 Å². The van der Waals surface area contributed by atoms with Crippen LogP contribution in [-0.4, -0.2) is 23.6 Å². The molecule has 7 heteroatoms. The van der Waals surface area contributed by atoms with Crippen LogP contribution in [0.3, 0.4) is 0 Å². The maximum Gasteiger partial charge on any atom is 0.336 e. The van der Waals surface area contributed by atoms with Gasteiger partial charge in [0.05, 0.1) is 0 Å². The first-order valence-electron chi connectivity index (χ1n) is 9.74. The maximum absolute atomic E-state index is 12.2. The van der Waals surface area contributed by atoms with Gasteiger partial charge in [0.2, 0.25) is 0 Å². The number of ether oxygens (including phenoxy) is 1. The zero-order valence-electron chi connectivity index (χ0n) is 16.6. The Hall–Kier alpha value is -3.61. The van der Waals surface area contributed by atoms with Crippen LogP contribution in [0.5, 0.6) is 5.75 Å². The second kappa shape index (κ2) is 9.73. The molecule has 3 rings (SSSR count). The van der Waals surface area contributed by atoms with Gasteiger partial charge >= 0.3 is 11.6 Å². The molecule has 1 amide bonds. The van der Waals surface area contributed by atoms with Gasteiger partial charge in [-0.05, 0) is 36.1 Å². The van der Waals surface area contributed by atoms with Gasteiger partial charge in [-0.3, -0.25) is 4.79 Å². The van der Waals surface area contributed by atoms with Gasteiger partial charge in [0.25, 0.3) is 5.91 Å². The van der Waals surface area contributed by atoms with Crippen LogP contribution in [0.1, 0.15) is 36.9 Å². The Morgan fingerprint density at radius 3 is 2.60 bits per heavy atom. The molecule has 2 N–H and O–H groups in total. The summed E-state index contributed by atoms with van der Waals surface area (Å²) in [5.41, 5.74) is 1.33. The number of unbranched alkanes of at least 4 members (excludes halogenated alkanes) is 1. The summed E-state index contributed by atoms with van der Waals surface area (Å²) in [6.07, 6.45) is 2.75. The molecule has 0 fully saturated rings. The van der Waals surface area contributed by atoms with E-state index in [0.717, 1.165) is 30.2 Å². The highest BCUT2D eigenvalue weighted by Gasteiger charge is 2.22. The Bertz CT molecular complexity index is 1090. The van der Waals surface area contributed by atoms with E-state index < -0.39 is 23.5 Å². The maximum atomic E-state index is 12.2. The van der Waals surface area contributed by atoms with E-state index in [2.05, 4.69) is 12.2 Å². The molecule has 156 valence electrons. The van der Waals surface area contributed by atoms with Gasteiger partial charge in [0.1, 0.15) is 11.3 Å². The van der Waals surface area contributed by atoms with E-state index in [4.69, 9.17) is 9.15 Å². The molecule has 0 spiro atoms. The van der Waals surface area contributed by atoms with E-state index >= 15 is 0 Å². The Balaban J connectivity index is 1.69. The smallest absolute Gasteiger partial charge is 0.336 e. The van der Waals surface area contributed by atoms with Crippen molar-refractivity contribution in [2.45, 2.75) is 32.2 Å². The molecule has 0 radical (unpaired) electrons.